The molecule has 0 saturated carbocycles. The Morgan fingerprint density at radius 3 is 2.88 bits per heavy atom. The van der Waals surface area contributed by atoms with Crippen LogP contribution in [-0.2, 0) is 19.4 Å². The average molecular weight is 340 g/mol. The molecule has 0 aliphatic heterocycles. The maximum Gasteiger partial charge on any atom is 0.263 e. The van der Waals surface area contributed by atoms with Gasteiger partial charge in [0.05, 0.1) is 11.9 Å². The van der Waals surface area contributed by atoms with Crippen LogP contribution in [0.1, 0.15) is 30.2 Å². The minimum absolute atomic E-state index is 0.0384. The summed E-state index contributed by atoms with van der Waals surface area (Å²) in [7, 11) is 0. The van der Waals surface area contributed by atoms with Crippen molar-refractivity contribution in [3.05, 3.63) is 68.9 Å². The Kier molecular flexibility index (Phi) is 3.85. The highest BCUT2D eigenvalue weighted by Crippen LogP contribution is 2.25. The van der Waals surface area contributed by atoms with Crippen LogP contribution in [0.25, 0.3) is 11.0 Å². The lowest BCUT2D eigenvalue weighted by Crippen LogP contribution is -2.23. The van der Waals surface area contributed by atoms with Crippen molar-refractivity contribution in [1.29, 1.82) is 0 Å². The first-order valence-corrected chi connectivity index (χ1v) is 8.60. The number of hydrogen-bond donors (Lipinski definition) is 0. The van der Waals surface area contributed by atoms with Crippen molar-refractivity contribution in [1.82, 2.24) is 14.5 Å². The fraction of sp³-hybridized carbons (Fsp3) is 0.316. The van der Waals surface area contributed by atoms with Gasteiger partial charge in [-0.15, -0.1) is 0 Å². The molecule has 122 valence electrons. The molecular formula is C19H18ClN3O. The summed E-state index contributed by atoms with van der Waals surface area (Å²) in [6, 6.07) is 9.50. The summed E-state index contributed by atoms with van der Waals surface area (Å²) >= 11 is 5.91. The summed E-state index contributed by atoms with van der Waals surface area (Å²) < 4.78 is 1.63. The van der Waals surface area contributed by atoms with Crippen molar-refractivity contribution in [3.63, 3.8) is 0 Å². The Bertz CT molecular complexity index is 963. The van der Waals surface area contributed by atoms with Gasteiger partial charge in [-0.3, -0.25) is 9.36 Å². The first-order valence-electron chi connectivity index (χ1n) is 8.22. The summed E-state index contributed by atoms with van der Waals surface area (Å²) in [5.74, 6) is 0.643. The molecule has 5 heteroatoms. The fourth-order valence-electron chi connectivity index (χ4n) is 3.32. The molecule has 2 aromatic heterocycles. The van der Waals surface area contributed by atoms with E-state index >= 15 is 0 Å². The Balaban J connectivity index is 1.77. The summed E-state index contributed by atoms with van der Waals surface area (Å²) in [5, 5.41) is 1.30. The second-order valence-corrected chi connectivity index (χ2v) is 7.05. The van der Waals surface area contributed by atoms with E-state index in [1.807, 2.05) is 30.3 Å². The second-order valence-electron chi connectivity index (χ2n) is 6.62. The normalized spacial score (nSPS) is 17.0. The van der Waals surface area contributed by atoms with E-state index in [1.54, 1.807) is 10.9 Å². The molecule has 0 radical (unpaired) electrons. The Morgan fingerprint density at radius 2 is 2.08 bits per heavy atom. The van der Waals surface area contributed by atoms with Crippen LogP contribution >= 0.6 is 11.6 Å². The van der Waals surface area contributed by atoms with Gasteiger partial charge < -0.3 is 0 Å². The smallest absolute Gasteiger partial charge is 0.263 e. The van der Waals surface area contributed by atoms with E-state index in [4.69, 9.17) is 11.6 Å². The van der Waals surface area contributed by atoms with Crippen molar-refractivity contribution in [3.8, 4) is 0 Å². The number of halogens is 1. The summed E-state index contributed by atoms with van der Waals surface area (Å²) in [6.07, 6.45) is 4.70. The summed E-state index contributed by atoms with van der Waals surface area (Å²) in [5.41, 5.74) is 3.83. The molecule has 4 nitrogen and oxygen atoms in total. The first-order chi connectivity index (χ1) is 11.6. The Labute approximate surface area is 145 Å². The number of hydrogen-bond acceptors (Lipinski definition) is 3. The van der Waals surface area contributed by atoms with Crippen LogP contribution in [0.4, 0.5) is 0 Å². The molecular weight excluding hydrogens is 322 g/mol. The van der Waals surface area contributed by atoms with Crippen LogP contribution in [0.5, 0.6) is 0 Å². The predicted octanol–water partition coefficient (Wildman–Crippen LogP) is 3.62. The molecule has 1 aliphatic carbocycles. The standard InChI is InChI=1S/C19H18ClN3O/c1-12-2-7-17-14(8-12)9-16-18(22-17)21-11-23(19(16)24)10-13-3-5-15(20)6-4-13/h3-6,9,11-12H,2,7-8,10H2,1H3/t12-/m0/s1. The zero-order valence-electron chi connectivity index (χ0n) is 13.5. The van der Waals surface area contributed by atoms with E-state index in [0.717, 1.165) is 30.5 Å². The molecule has 0 unspecified atom stereocenters. The zero-order chi connectivity index (χ0) is 16.7. The maximum atomic E-state index is 12.8. The van der Waals surface area contributed by atoms with Gasteiger partial charge in [-0.25, -0.2) is 9.97 Å². The lowest BCUT2D eigenvalue weighted by atomic mass is 9.87. The van der Waals surface area contributed by atoms with Crippen molar-refractivity contribution in [2.75, 3.05) is 0 Å². The lowest BCUT2D eigenvalue weighted by Gasteiger charge is -2.20. The SMILES string of the molecule is C[C@H]1CCc2nc3ncn(Cc4ccc(Cl)cc4)c(=O)c3cc2C1. The molecule has 1 aromatic carbocycles. The quantitative estimate of drug-likeness (QED) is 0.716. The summed E-state index contributed by atoms with van der Waals surface area (Å²) in [6.45, 7) is 2.72. The Hall–Kier alpha value is -2.20. The highest BCUT2D eigenvalue weighted by molar-refractivity contribution is 6.30. The minimum atomic E-state index is -0.0384. The number of benzene rings is 1. The third-order valence-electron chi connectivity index (χ3n) is 4.69. The van der Waals surface area contributed by atoms with E-state index in [1.165, 1.54) is 5.56 Å². The van der Waals surface area contributed by atoms with E-state index < -0.39 is 0 Å². The molecule has 4 rings (SSSR count). The van der Waals surface area contributed by atoms with Crippen molar-refractivity contribution in [2.24, 2.45) is 5.92 Å². The topological polar surface area (TPSA) is 47.8 Å². The molecule has 0 fully saturated rings. The molecule has 24 heavy (non-hydrogen) atoms. The van der Waals surface area contributed by atoms with Crippen LogP contribution in [-0.4, -0.2) is 14.5 Å². The molecule has 0 bridgehead atoms. The van der Waals surface area contributed by atoms with Crippen LogP contribution in [0.3, 0.4) is 0 Å². The van der Waals surface area contributed by atoms with Gasteiger partial charge in [0.1, 0.15) is 6.33 Å². The number of aromatic nitrogens is 3. The van der Waals surface area contributed by atoms with Crippen LogP contribution in [0.2, 0.25) is 5.02 Å². The largest absolute Gasteiger partial charge is 0.294 e. The van der Waals surface area contributed by atoms with Crippen molar-refractivity contribution >= 4 is 22.6 Å². The van der Waals surface area contributed by atoms with Crippen molar-refractivity contribution in [2.45, 2.75) is 32.7 Å². The fourth-order valence-corrected chi connectivity index (χ4v) is 3.45. The molecule has 0 N–H and O–H groups in total. The van der Waals surface area contributed by atoms with E-state index in [9.17, 15) is 4.79 Å². The van der Waals surface area contributed by atoms with Gasteiger partial charge in [-0.2, -0.15) is 0 Å². The van der Waals surface area contributed by atoms with Crippen molar-refractivity contribution < 1.29 is 0 Å². The van der Waals surface area contributed by atoms with Crippen LogP contribution < -0.4 is 5.56 Å². The number of nitrogens with zero attached hydrogens (tertiary/aromatic N) is 3. The number of rotatable bonds is 2. The number of aryl methyl sites for hydroxylation is 1. The van der Waals surface area contributed by atoms with Crippen LogP contribution in [0, 0.1) is 5.92 Å². The van der Waals surface area contributed by atoms with Gasteiger partial charge in [-0.1, -0.05) is 30.7 Å². The highest BCUT2D eigenvalue weighted by Gasteiger charge is 2.18. The predicted molar refractivity (Wildman–Crippen MR) is 95.5 cm³/mol. The number of pyridine rings is 1. The van der Waals surface area contributed by atoms with Gasteiger partial charge in [-0.05, 0) is 54.5 Å². The molecule has 1 atom stereocenters. The molecule has 0 saturated heterocycles. The van der Waals surface area contributed by atoms with Gasteiger partial charge in [0.2, 0.25) is 0 Å². The molecule has 2 heterocycles. The Morgan fingerprint density at radius 1 is 1.29 bits per heavy atom. The maximum absolute atomic E-state index is 12.8. The monoisotopic (exact) mass is 339 g/mol. The molecule has 1 aliphatic rings. The number of fused-ring (bicyclic) bond motifs is 2. The third kappa shape index (κ3) is 2.82. The first kappa shape index (κ1) is 15.3. The molecule has 3 aromatic rings. The van der Waals surface area contributed by atoms with Gasteiger partial charge in [0.15, 0.2) is 5.65 Å². The average Bonchev–Trinajstić information content (AvgIpc) is 2.58. The molecule has 0 spiro atoms. The van der Waals surface area contributed by atoms with Gasteiger partial charge in [0.25, 0.3) is 5.56 Å². The highest BCUT2D eigenvalue weighted by atomic mass is 35.5. The minimum Gasteiger partial charge on any atom is -0.294 e. The third-order valence-corrected chi connectivity index (χ3v) is 4.94. The lowest BCUT2D eigenvalue weighted by molar-refractivity contribution is 0.495. The zero-order valence-corrected chi connectivity index (χ0v) is 14.3. The van der Waals surface area contributed by atoms with E-state index in [-0.39, 0.29) is 5.56 Å². The van der Waals surface area contributed by atoms with E-state index in [2.05, 4.69) is 16.9 Å². The van der Waals surface area contributed by atoms with Gasteiger partial charge >= 0.3 is 0 Å². The van der Waals surface area contributed by atoms with Gasteiger partial charge in [0, 0.05) is 10.7 Å². The van der Waals surface area contributed by atoms with E-state index in [0.29, 0.717) is 28.5 Å². The van der Waals surface area contributed by atoms with Crippen LogP contribution in [0.15, 0.2) is 41.5 Å². The summed E-state index contributed by atoms with van der Waals surface area (Å²) in [4.78, 5) is 21.9. The molecule has 0 amide bonds. The second kappa shape index (κ2) is 6.02.